The second-order valence-corrected chi connectivity index (χ2v) is 6.72. The van der Waals surface area contributed by atoms with Gasteiger partial charge in [0.05, 0.1) is 0 Å². The molecule has 0 bridgehead atoms. The summed E-state index contributed by atoms with van der Waals surface area (Å²) in [6.45, 7) is 15.0. The first-order valence-corrected chi connectivity index (χ1v) is 9.07. The molecule has 1 aliphatic rings. The van der Waals surface area contributed by atoms with Crippen LogP contribution in [-0.2, 0) is 6.42 Å². The Kier molecular flexibility index (Phi) is 6.76. The van der Waals surface area contributed by atoms with E-state index in [1.165, 1.54) is 29.7 Å². The van der Waals surface area contributed by atoms with E-state index in [0.717, 1.165) is 44.5 Å². The van der Waals surface area contributed by atoms with Crippen LogP contribution in [0, 0.1) is 0 Å². The van der Waals surface area contributed by atoms with Crippen molar-refractivity contribution in [2.24, 2.45) is 0 Å². The van der Waals surface area contributed by atoms with Crippen LogP contribution in [0.3, 0.4) is 0 Å². The van der Waals surface area contributed by atoms with E-state index in [1.807, 2.05) is 0 Å². The molecule has 0 radical (unpaired) electrons. The summed E-state index contributed by atoms with van der Waals surface area (Å²) in [6.07, 6.45) is 6.75. The van der Waals surface area contributed by atoms with Crippen molar-refractivity contribution in [3.05, 3.63) is 54.3 Å². The molecule has 0 spiro atoms. The molecule has 1 aliphatic heterocycles. The number of piperidine rings is 1. The molecule has 0 aliphatic carbocycles. The van der Waals surface area contributed by atoms with Gasteiger partial charge in [0.1, 0.15) is 0 Å². The summed E-state index contributed by atoms with van der Waals surface area (Å²) in [5.74, 6) is 0. The van der Waals surface area contributed by atoms with Gasteiger partial charge in [-0.2, -0.15) is 0 Å². The number of benzene rings is 1. The second-order valence-electron chi connectivity index (χ2n) is 6.72. The number of nitrogens with zero attached hydrogens (tertiary/aromatic N) is 1. The molecule has 23 heavy (non-hydrogen) atoms. The lowest BCUT2D eigenvalue weighted by Gasteiger charge is -2.30. The lowest BCUT2D eigenvalue weighted by atomic mass is 10.0. The summed E-state index contributed by atoms with van der Waals surface area (Å²) >= 11 is 0. The highest BCUT2D eigenvalue weighted by Crippen LogP contribution is 2.22. The highest BCUT2D eigenvalue weighted by molar-refractivity contribution is 5.49. The van der Waals surface area contributed by atoms with Gasteiger partial charge in [0, 0.05) is 36.9 Å². The fraction of sp³-hybridized carbons (Fsp3) is 0.524. The van der Waals surface area contributed by atoms with Crippen LogP contribution >= 0.6 is 0 Å². The highest BCUT2D eigenvalue weighted by atomic mass is 15.1. The Morgan fingerprint density at radius 1 is 1.17 bits per heavy atom. The maximum Gasteiger partial charge on any atom is 0.0366 e. The molecule has 0 aromatic heterocycles. The van der Waals surface area contributed by atoms with E-state index in [9.17, 15) is 0 Å². The van der Waals surface area contributed by atoms with E-state index >= 15 is 0 Å². The van der Waals surface area contributed by atoms with Gasteiger partial charge in [0.15, 0.2) is 0 Å². The molecular formula is C21H32N2. The van der Waals surface area contributed by atoms with Crippen LogP contribution in [0.25, 0.3) is 0 Å². The molecule has 0 amide bonds. The third kappa shape index (κ3) is 5.46. The molecular weight excluding hydrogens is 280 g/mol. The zero-order valence-corrected chi connectivity index (χ0v) is 14.9. The molecule has 2 nitrogen and oxygen atoms in total. The summed E-state index contributed by atoms with van der Waals surface area (Å²) in [6, 6.07) is 9.55. The maximum atomic E-state index is 4.21. The first-order chi connectivity index (χ1) is 11.1. The van der Waals surface area contributed by atoms with E-state index in [4.69, 9.17) is 0 Å². The minimum Gasteiger partial charge on any atom is -0.386 e. The van der Waals surface area contributed by atoms with Crippen LogP contribution < -0.4 is 10.2 Å². The first kappa shape index (κ1) is 17.7. The van der Waals surface area contributed by atoms with Crippen LogP contribution in [0.2, 0.25) is 0 Å². The molecule has 0 saturated carbocycles. The molecule has 1 aromatic carbocycles. The summed E-state index contributed by atoms with van der Waals surface area (Å²) in [7, 11) is 0. The molecule has 1 saturated heterocycles. The minimum atomic E-state index is 0.563. The largest absolute Gasteiger partial charge is 0.386 e. The van der Waals surface area contributed by atoms with Crippen molar-refractivity contribution in [1.29, 1.82) is 0 Å². The van der Waals surface area contributed by atoms with E-state index in [1.54, 1.807) is 0 Å². The fourth-order valence-corrected chi connectivity index (χ4v) is 3.22. The van der Waals surface area contributed by atoms with Gasteiger partial charge in [-0.25, -0.2) is 0 Å². The number of rotatable bonds is 8. The standard InChI is InChI=1S/C21H32N2/c1-5-7-20(6-2)22-18(4)16-19-8-10-21(11-9-19)23-14-12-17(3)13-15-23/h8-11,20,22H,3-7,12-16H2,1-2H3. The Balaban J connectivity index is 1.87. The summed E-state index contributed by atoms with van der Waals surface area (Å²) in [4.78, 5) is 2.46. The smallest absolute Gasteiger partial charge is 0.0366 e. The Labute approximate surface area is 142 Å². The third-order valence-corrected chi connectivity index (χ3v) is 4.73. The molecule has 1 N–H and O–H groups in total. The first-order valence-electron chi connectivity index (χ1n) is 9.07. The van der Waals surface area contributed by atoms with E-state index in [2.05, 4.69) is 61.5 Å². The number of anilines is 1. The van der Waals surface area contributed by atoms with Crippen molar-refractivity contribution in [1.82, 2.24) is 5.32 Å². The summed E-state index contributed by atoms with van der Waals surface area (Å²) in [5, 5.41) is 3.58. The average Bonchev–Trinajstić information content (AvgIpc) is 2.56. The Hall–Kier alpha value is -1.70. The molecule has 2 rings (SSSR count). The van der Waals surface area contributed by atoms with Crippen molar-refractivity contribution in [3.8, 4) is 0 Å². The van der Waals surface area contributed by atoms with Gasteiger partial charge in [-0.05, 0) is 43.4 Å². The van der Waals surface area contributed by atoms with Gasteiger partial charge in [-0.3, -0.25) is 0 Å². The molecule has 1 unspecified atom stereocenters. The van der Waals surface area contributed by atoms with Gasteiger partial charge in [0.2, 0.25) is 0 Å². The average molecular weight is 313 g/mol. The number of hydrogen-bond acceptors (Lipinski definition) is 2. The van der Waals surface area contributed by atoms with E-state index in [0.29, 0.717) is 6.04 Å². The molecule has 126 valence electrons. The van der Waals surface area contributed by atoms with Gasteiger partial charge in [0.25, 0.3) is 0 Å². The number of nitrogens with one attached hydrogen (secondary N) is 1. The van der Waals surface area contributed by atoms with Crippen molar-refractivity contribution in [2.75, 3.05) is 18.0 Å². The van der Waals surface area contributed by atoms with Crippen molar-refractivity contribution in [2.45, 2.75) is 58.4 Å². The molecule has 1 atom stereocenters. The number of allylic oxidation sites excluding steroid dienone is 1. The third-order valence-electron chi connectivity index (χ3n) is 4.73. The van der Waals surface area contributed by atoms with E-state index in [-0.39, 0.29) is 0 Å². The van der Waals surface area contributed by atoms with Gasteiger partial charge < -0.3 is 10.2 Å². The van der Waals surface area contributed by atoms with Crippen LogP contribution in [0.4, 0.5) is 5.69 Å². The predicted octanol–water partition coefficient (Wildman–Crippen LogP) is 5.07. The lowest BCUT2D eigenvalue weighted by molar-refractivity contribution is 0.501. The molecule has 2 heteroatoms. The van der Waals surface area contributed by atoms with Crippen LogP contribution in [0.5, 0.6) is 0 Å². The second kappa shape index (κ2) is 8.81. The summed E-state index contributed by atoms with van der Waals surface area (Å²) in [5.41, 5.74) is 5.18. The van der Waals surface area contributed by atoms with Crippen molar-refractivity contribution in [3.63, 3.8) is 0 Å². The summed E-state index contributed by atoms with van der Waals surface area (Å²) < 4.78 is 0. The SMILES string of the molecule is C=C1CCN(c2ccc(CC(=C)NC(CC)CCC)cc2)CC1. The van der Waals surface area contributed by atoms with E-state index < -0.39 is 0 Å². The van der Waals surface area contributed by atoms with Crippen molar-refractivity contribution < 1.29 is 0 Å². The van der Waals surface area contributed by atoms with Gasteiger partial charge in [-0.1, -0.05) is 51.1 Å². The van der Waals surface area contributed by atoms with Gasteiger partial charge >= 0.3 is 0 Å². The van der Waals surface area contributed by atoms with Crippen LogP contribution in [-0.4, -0.2) is 19.1 Å². The number of hydrogen-bond donors (Lipinski definition) is 1. The predicted molar refractivity (Wildman–Crippen MR) is 102 cm³/mol. The van der Waals surface area contributed by atoms with Gasteiger partial charge in [-0.15, -0.1) is 0 Å². The molecule has 1 aromatic rings. The highest BCUT2D eigenvalue weighted by Gasteiger charge is 2.13. The minimum absolute atomic E-state index is 0.563. The Morgan fingerprint density at radius 3 is 2.39 bits per heavy atom. The normalized spacial score (nSPS) is 16.3. The maximum absolute atomic E-state index is 4.21. The topological polar surface area (TPSA) is 15.3 Å². The Bertz CT molecular complexity index is 505. The molecule has 1 fully saturated rings. The fourth-order valence-electron chi connectivity index (χ4n) is 3.22. The Morgan fingerprint density at radius 2 is 1.83 bits per heavy atom. The molecule has 1 heterocycles. The quantitative estimate of drug-likeness (QED) is 0.674. The monoisotopic (exact) mass is 312 g/mol. The lowest BCUT2D eigenvalue weighted by Crippen LogP contribution is -2.30. The van der Waals surface area contributed by atoms with Crippen LogP contribution in [0.1, 0.15) is 51.5 Å². The zero-order valence-electron chi connectivity index (χ0n) is 14.9. The van der Waals surface area contributed by atoms with Crippen molar-refractivity contribution >= 4 is 5.69 Å². The zero-order chi connectivity index (χ0) is 16.7. The van der Waals surface area contributed by atoms with Crippen LogP contribution in [0.15, 0.2) is 48.7 Å².